The molecule has 0 aliphatic carbocycles. The molecule has 1 unspecified atom stereocenters. The van der Waals surface area contributed by atoms with E-state index in [1.165, 1.54) is 0 Å². The normalized spacial score (nSPS) is 12.7. The molecule has 0 amide bonds. The fourth-order valence-corrected chi connectivity index (χ4v) is 1.43. The highest BCUT2D eigenvalue weighted by atomic mass is 15.4. The summed E-state index contributed by atoms with van der Waals surface area (Å²) in [6, 6.07) is 5.48. The van der Waals surface area contributed by atoms with Crippen molar-refractivity contribution in [3.05, 3.63) is 42.0 Å². The van der Waals surface area contributed by atoms with E-state index in [4.69, 9.17) is 5.84 Å². The molecule has 6 heteroatoms. The standard InChI is InChI=1S/C9H12N6/c1-15-8(6-12-14-15)9(13-10)7-4-2-3-5-11-7/h2-6,9,13H,10H2,1H3. The number of rotatable bonds is 3. The second-order valence-electron chi connectivity index (χ2n) is 3.14. The number of aryl methyl sites for hydroxylation is 1. The first-order valence-corrected chi connectivity index (χ1v) is 4.54. The number of pyridine rings is 1. The largest absolute Gasteiger partial charge is 0.270 e. The van der Waals surface area contributed by atoms with Crippen LogP contribution in [0.1, 0.15) is 17.4 Å². The molecule has 2 rings (SSSR count). The Hall–Kier alpha value is -1.79. The van der Waals surface area contributed by atoms with Crippen molar-refractivity contribution in [3.8, 4) is 0 Å². The van der Waals surface area contributed by atoms with Crippen LogP contribution in [0, 0.1) is 0 Å². The smallest absolute Gasteiger partial charge is 0.106 e. The SMILES string of the molecule is Cn1nncc1C(NN)c1ccccn1. The minimum Gasteiger partial charge on any atom is -0.270 e. The van der Waals surface area contributed by atoms with Crippen molar-refractivity contribution >= 4 is 0 Å². The molecule has 0 aliphatic heterocycles. The van der Waals surface area contributed by atoms with E-state index in [2.05, 4.69) is 20.7 Å². The van der Waals surface area contributed by atoms with E-state index < -0.39 is 0 Å². The molecule has 0 aromatic carbocycles. The van der Waals surface area contributed by atoms with Gasteiger partial charge in [0.05, 0.1) is 17.6 Å². The van der Waals surface area contributed by atoms with Gasteiger partial charge in [0, 0.05) is 13.2 Å². The van der Waals surface area contributed by atoms with Gasteiger partial charge in [-0.15, -0.1) is 5.10 Å². The molecular formula is C9H12N6. The van der Waals surface area contributed by atoms with Crippen LogP contribution >= 0.6 is 0 Å². The molecule has 0 saturated heterocycles. The summed E-state index contributed by atoms with van der Waals surface area (Å²) in [5, 5.41) is 7.66. The Labute approximate surface area is 87.1 Å². The number of aromatic nitrogens is 4. The summed E-state index contributed by atoms with van der Waals surface area (Å²) in [5.74, 6) is 5.51. The molecular weight excluding hydrogens is 192 g/mol. The molecule has 3 N–H and O–H groups in total. The van der Waals surface area contributed by atoms with Crippen molar-refractivity contribution in [2.24, 2.45) is 12.9 Å². The van der Waals surface area contributed by atoms with Gasteiger partial charge in [0.25, 0.3) is 0 Å². The van der Waals surface area contributed by atoms with Gasteiger partial charge in [-0.1, -0.05) is 11.3 Å². The van der Waals surface area contributed by atoms with Gasteiger partial charge in [0.15, 0.2) is 0 Å². The quantitative estimate of drug-likeness (QED) is 0.533. The van der Waals surface area contributed by atoms with Gasteiger partial charge in [-0.3, -0.25) is 15.5 Å². The van der Waals surface area contributed by atoms with Gasteiger partial charge in [-0.25, -0.2) is 5.43 Å². The van der Waals surface area contributed by atoms with Crippen molar-refractivity contribution in [2.75, 3.05) is 0 Å². The molecule has 1 atom stereocenters. The van der Waals surface area contributed by atoms with Gasteiger partial charge < -0.3 is 0 Å². The Morgan fingerprint density at radius 3 is 2.87 bits per heavy atom. The highest BCUT2D eigenvalue weighted by molar-refractivity contribution is 5.19. The second kappa shape index (κ2) is 4.16. The van der Waals surface area contributed by atoms with Crippen molar-refractivity contribution in [2.45, 2.75) is 6.04 Å². The average molecular weight is 204 g/mol. The Morgan fingerprint density at radius 1 is 1.47 bits per heavy atom. The maximum Gasteiger partial charge on any atom is 0.106 e. The maximum atomic E-state index is 5.51. The third-order valence-corrected chi connectivity index (χ3v) is 2.20. The Morgan fingerprint density at radius 2 is 2.33 bits per heavy atom. The van der Waals surface area contributed by atoms with Crippen LogP contribution in [0.25, 0.3) is 0 Å². The van der Waals surface area contributed by atoms with E-state index in [1.807, 2.05) is 25.2 Å². The number of hydrogen-bond acceptors (Lipinski definition) is 5. The van der Waals surface area contributed by atoms with Gasteiger partial charge >= 0.3 is 0 Å². The molecule has 0 radical (unpaired) electrons. The van der Waals surface area contributed by atoms with Crippen molar-refractivity contribution in [1.82, 2.24) is 25.4 Å². The van der Waals surface area contributed by atoms with Crippen molar-refractivity contribution < 1.29 is 0 Å². The first-order valence-electron chi connectivity index (χ1n) is 4.54. The average Bonchev–Trinajstić information content (AvgIpc) is 2.68. The lowest BCUT2D eigenvalue weighted by Crippen LogP contribution is -2.30. The lowest BCUT2D eigenvalue weighted by Gasteiger charge is -2.14. The van der Waals surface area contributed by atoms with E-state index in [1.54, 1.807) is 17.1 Å². The van der Waals surface area contributed by atoms with E-state index in [9.17, 15) is 0 Å². The zero-order valence-electron chi connectivity index (χ0n) is 8.33. The number of nitrogens with zero attached hydrogens (tertiary/aromatic N) is 4. The summed E-state index contributed by atoms with van der Waals surface area (Å²) >= 11 is 0. The zero-order valence-corrected chi connectivity index (χ0v) is 8.33. The van der Waals surface area contributed by atoms with E-state index in [0.717, 1.165) is 11.4 Å². The van der Waals surface area contributed by atoms with Crippen LogP contribution in [-0.4, -0.2) is 20.0 Å². The minimum atomic E-state index is -0.189. The van der Waals surface area contributed by atoms with E-state index >= 15 is 0 Å². The Bertz CT molecular complexity index is 423. The molecule has 15 heavy (non-hydrogen) atoms. The minimum absolute atomic E-state index is 0.189. The second-order valence-corrected chi connectivity index (χ2v) is 3.14. The first kappa shape index (κ1) is 9.75. The molecule has 0 saturated carbocycles. The van der Waals surface area contributed by atoms with Crippen LogP contribution in [0.5, 0.6) is 0 Å². The number of nitrogens with two attached hydrogens (primary N) is 1. The topological polar surface area (TPSA) is 81.7 Å². The summed E-state index contributed by atoms with van der Waals surface area (Å²) in [6.45, 7) is 0. The third kappa shape index (κ3) is 1.85. The molecule has 2 aromatic heterocycles. The lowest BCUT2D eigenvalue weighted by molar-refractivity contribution is 0.560. The van der Waals surface area contributed by atoms with Crippen LogP contribution < -0.4 is 11.3 Å². The third-order valence-electron chi connectivity index (χ3n) is 2.20. The molecule has 2 heterocycles. The highest BCUT2D eigenvalue weighted by Crippen LogP contribution is 2.16. The summed E-state index contributed by atoms with van der Waals surface area (Å²) in [5.41, 5.74) is 4.41. The molecule has 6 nitrogen and oxygen atoms in total. The number of hydrogen-bond donors (Lipinski definition) is 2. The van der Waals surface area contributed by atoms with Crippen molar-refractivity contribution in [1.29, 1.82) is 0 Å². The molecule has 2 aromatic rings. The van der Waals surface area contributed by atoms with Crippen LogP contribution in [0.15, 0.2) is 30.6 Å². The highest BCUT2D eigenvalue weighted by Gasteiger charge is 2.16. The fourth-order valence-electron chi connectivity index (χ4n) is 1.43. The molecule has 0 fully saturated rings. The van der Waals surface area contributed by atoms with Gasteiger partial charge in [-0.2, -0.15) is 0 Å². The molecule has 78 valence electrons. The predicted octanol–water partition coefficient (Wildman–Crippen LogP) is -0.237. The molecule has 0 bridgehead atoms. The fraction of sp³-hybridized carbons (Fsp3) is 0.222. The first-order chi connectivity index (χ1) is 7.33. The van der Waals surface area contributed by atoms with Gasteiger partial charge in [-0.05, 0) is 12.1 Å². The van der Waals surface area contributed by atoms with Crippen LogP contribution in [0.2, 0.25) is 0 Å². The summed E-state index contributed by atoms with van der Waals surface area (Å²) < 4.78 is 1.67. The monoisotopic (exact) mass is 204 g/mol. The van der Waals surface area contributed by atoms with Gasteiger partial charge in [0.1, 0.15) is 6.04 Å². The number of nitrogens with one attached hydrogen (secondary N) is 1. The summed E-state index contributed by atoms with van der Waals surface area (Å²) in [6.07, 6.45) is 3.39. The van der Waals surface area contributed by atoms with Crippen molar-refractivity contribution in [3.63, 3.8) is 0 Å². The summed E-state index contributed by atoms with van der Waals surface area (Å²) in [7, 11) is 1.82. The zero-order chi connectivity index (χ0) is 10.7. The Kier molecular flexibility index (Phi) is 2.70. The summed E-state index contributed by atoms with van der Waals surface area (Å²) in [4.78, 5) is 4.24. The number of hydrazine groups is 1. The predicted molar refractivity (Wildman–Crippen MR) is 54.4 cm³/mol. The van der Waals surface area contributed by atoms with Crippen LogP contribution in [-0.2, 0) is 7.05 Å². The van der Waals surface area contributed by atoms with E-state index in [-0.39, 0.29) is 6.04 Å². The molecule has 0 aliphatic rings. The van der Waals surface area contributed by atoms with E-state index in [0.29, 0.717) is 0 Å². The maximum absolute atomic E-state index is 5.51. The Balaban J connectivity index is 2.37. The van der Waals surface area contributed by atoms with Gasteiger partial charge in [0.2, 0.25) is 0 Å². The lowest BCUT2D eigenvalue weighted by atomic mass is 10.1. The van der Waals surface area contributed by atoms with Crippen LogP contribution in [0.4, 0.5) is 0 Å². The molecule has 0 spiro atoms. The van der Waals surface area contributed by atoms with Crippen LogP contribution in [0.3, 0.4) is 0 Å².